The van der Waals surface area contributed by atoms with E-state index >= 15 is 0 Å². The monoisotopic (exact) mass is 272 g/mol. The smallest absolute Gasteiger partial charge is 0.419 e. The molecule has 102 valence electrons. The molecule has 0 fully saturated rings. The number of nitrogens with two attached hydrogens (primary N) is 1. The fraction of sp³-hybridized carbons (Fsp3) is 0.273. The summed E-state index contributed by atoms with van der Waals surface area (Å²) in [5.74, 6) is -0.193. The second-order valence-corrected chi connectivity index (χ2v) is 3.87. The molecule has 0 unspecified atom stereocenters. The van der Waals surface area contributed by atoms with E-state index in [1.54, 1.807) is 0 Å². The lowest BCUT2D eigenvalue weighted by Gasteiger charge is -2.09. The number of alkyl halides is 3. The van der Waals surface area contributed by atoms with Crippen LogP contribution in [-0.4, -0.2) is 26.8 Å². The number of H-pyrrole nitrogens is 1. The number of benzene rings is 1. The first kappa shape index (κ1) is 13.3. The summed E-state index contributed by atoms with van der Waals surface area (Å²) in [4.78, 5) is 4.03. The number of rotatable bonds is 3. The molecule has 0 spiro atoms. The molecule has 19 heavy (non-hydrogen) atoms. The van der Waals surface area contributed by atoms with Crippen LogP contribution in [0.2, 0.25) is 0 Å². The fourth-order valence-electron chi connectivity index (χ4n) is 1.58. The molecule has 0 saturated heterocycles. The normalized spacial score (nSPS) is 11.8. The Labute approximate surface area is 106 Å². The second-order valence-electron chi connectivity index (χ2n) is 3.87. The van der Waals surface area contributed by atoms with E-state index in [0.29, 0.717) is 18.8 Å². The molecule has 1 aromatic heterocycles. The summed E-state index contributed by atoms with van der Waals surface area (Å²) >= 11 is 0. The summed E-state index contributed by atoms with van der Waals surface area (Å²) < 4.78 is 37.9. The summed E-state index contributed by atoms with van der Waals surface area (Å²) in [6.07, 6.45) is -4.17. The van der Waals surface area contributed by atoms with Crippen LogP contribution in [0.1, 0.15) is 11.4 Å². The molecule has 0 atom stereocenters. The molecule has 4 N–H and O–H groups in total. The van der Waals surface area contributed by atoms with Gasteiger partial charge in [-0.1, -0.05) is 0 Å². The van der Waals surface area contributed by atoms with Crippen molar-refractivity contribution in [2.75, 3.05) is 6.54 Å². The number of hydrogen-bond donors (Lipinski definition) is 3. The van der Waals surface area contributed by atoms with E-state index in [1.807, 2.05) is 0 Å². The average Bonchev–Trinajstić information content (AvgIpc) is 2.77. The van der Waals surface area contributed by atoms with Gasteiger partial charge in [0.15, 0.2) is 5.82 Å². The van der Waals surface area contributed by atoms with Crippen molar-refractivity contribution < 1.29 is 18.3 Å². The van der Waals surface area contributed by atoms with Crippen molar-refractivity contribution in [2.24, 2.45) is 5.73 Å². The summed E-state index contributed by atoms with van der Waals surface area (Å²) in [6.45, 7) is 0.359. The van der Waals surface area contributed by atoms with Crippen molar-refractivity contribution in [2.45, 2.75) is 12.6 Å². The topological polar surface area (TPSA) is 87.8 Å². The van der Waals surface area contributed by atoms with Crippen molar-refractivity contribution in [1.29, 1.82) is 0 Å². The van der Waals surface area contributed by atoms with Gasteiger partial charge in [-0.05, 0) is 24.7 Å². The van der Waals surface area contributed by atoms with Crippen LogP contribution in [0, 0.1) is 0 Å². The lowest BCUT2D eigenvalue weighted by molar-refractivity contribution is -0.138. The zero-order chi connectivity index (χ0) is 14.0. The Kier molecular flexibility index (Phi) is 3.43. The first-order valence-electron chi connectivity index (χ1n) is 5.43. The van der Waals surface area contributed by atoms with Gasteiger partial charge in [-0.2, -0.15) is 18.3 Å². The number of hydrogen-bond acceptors (Lipinski definition) is 4. The number of phenolic OH excluding ortho intramolecular Hbond substituents is 1. The minimum Gasteiger partial charge on any atom is -0.507 e. The molecule has 2 rings (SSSR count). The predicted octanol–water partition coefficient (Wildman–Crippen LogP) is 1.70. The standard InChI is InChI=1S/C11H11F3N4O/c12-11(13,14)7-5-6(1-2-8(7)19)10-16-9(3-4-15)17-18-10/h1-2,5,19H,3-4,15H2,(H,16,17,18). The minimum absolute atomic E-state index is 0.133. The third-order valence-electron chi connectivity index (χ3n) is 2.47. The van der Waals surface area contributed by atoms with Gasteiger partial charge in [0.05, 0.1) is 5.56 Å². The van der Waals surface area contributed by atoms with Gasteiger partial charge in [0, 0.05) is 12.0 Å². The maximum atomic E-state index is 12.6. The lowest BCUT2D eigenvalue weighted by Crippen LogP contribution is -2.05. The molecule has 0 saturated carbocycles. The maximum absolute atomic E-state index is 12.6. The average molecular weight is 272 g/mol. The SMILES string of the molecule is NCCc1nc(-c2ccc(O)c(C(F)(F)F)c2)n[nH]1. The van der Waals surface area contributed by atoms with Crippen molar-refractivity contribution in [1.82, 2.24) is 15.2 Å². The minimum atomic E-state index is -4.63. The van der Waals surface area contributed by atoms with Gasteiger partial charge >= 0.3 is 6.18 Å². The lowest BCUT2D eigenvalue weighted by atomic mass is 10.1. The van der Waals surface area contributed by atoms with Crippen molar-refractivity contribution in [3.63, 3.8) is 0 Å². The van der Waals surface area contributed by atoms with Gasteiger partial charge < -0.3 is 10.8 Å². The van der Waals surface area contributed by atoms with Gasteiger partial charge in [0.1, 0.15) is 11.6 Å². The van der Waals surface area contributed by atoms with Crippen molar-refractivity contribution >= 4 is 0 Å². The Morgan fingerprint density at radius 3 is 2.68 bits per heavy atom. The molecular weight excluding hydrogens is 261 g/mol. The molecule has 1 aromatic carbocycles. The molecule has 0 aliphatic carbocycles. The van der Waals surface area contributed by atoms with Crippen LogP contribution in [-0.2, 0) is 12.6 Å². The second kappa shape index (κ2) is 4.88. The molecule has 2 aromatic rings. The largest absolute Gasteiger partial charge is 0.507 e. The highest BCUT2D eigenvalue weighted by molar-refractivity contribution is 5.58. The third kappa shape index (κ3) is 2.84. The highest BCUT2D eigenvalue weighted by Gasteiger charge is 2.34. The Morgan fingerprint density at radius 2 is 2.05 bits per heavy atom. The van der Waals surface area contributed by atoms with E-state index < -0.39 is 17.5 Å². The first-order valence-corrected chi connectivity index (χ1v) is 5.43. The number of aromatic amines is 1. The predicted molar refractivity (Wildman–Crippen MR) is 61.2 cm³/mol. The van der Waals surface area contributed by atoms with Gasteiger partial charge in [-0.3, -0.25) is 5.10 Å². The van der Waals surface area contributed by atoms with Crippen LogP contribution in [0.5, 0.6) is 5.75 Å². The number of halogens is 3. The highest BCUT2D eigenvalue weighted by Crippen LogP contribution is 2.37. The molecule has 1 heterocycles. The summed E-state index contributed by atoms with van der Waals surface area (Å²) in [5.41, 5.74) is 4.40. The van der Waals surface area contributed by atoms with Crippen LogP contribution >= 0.6 is 0 Å². The summed E-state index contributed by atoms with van der Waals surface area (Å²) in [5, 5.41) is 15.6. The van der Waals surface area contributed by atoms with Crippen LogP contribution < -0.4 is 5.73 Å². The number of aromatic hydroxyl groups is 1. The van der Waals surface area contributed by atoms with Gasteiger partial charge in [0.2, 0.25) is 0 Å². The van der Waals surface area contributed by atoms with Crippen LogP contribution in [0.3, 0.4) is 0 Å². The Bertz CT molecular complexity index is 580. The molecule has 0 radical (unpaired) electrons. The molecule has 0 amide bonds. The Hall–Kier alpha value is -2.09. The van der Waals surface area contributed by atoms with E-state index in [0.717, 1.165) is 12.1 Å². The quantitative estimate of drug-likeness (QED) is 0.793. The molecular formula is C11H11F3N4O. The van der Waals surface area contributed by atoms with E-state index in [2.05, 4.69) is 15.2 Å². The van der Waals surface area contributed by atoms with Gasteiger partial charge in [0.25, 0.3) is 0 Å². The maximum Gasteiger partial charge on any atom is 0.419 e. The molecule has 8 heteroatoms. The fourth-order valence-corrected chi connectivity index (χ4v) is 1.58. The van der Waals surface area contributed by atoms with Gasteiger partial charge in [-0.25, -0.2) is 4.98 Å². The third-order valence-corrected chi connectivity index (χ3v) is 2.47. The Balaban J connectivity index is 2.39. The van der Waals surface area contributed by atoms with E-state index in [4.69, 9.17) is 5.73 Å². The molecule has 0 bridgehead atoms. The first-order chi connectivity index (χ1) is 8.91. The highest BCUT2D eigenvalue weighted by atomic mass is 19.4. The molecule has 0 aliphatic heterocycles. The zero-order valence-electron chi connectivity index (χ0n) is 9.70. The van der Waals surface area contributed by atoms with Crippen molar-refractivity contribution in [3.05, 3.63) is 29.6 Å². The van der Waals surface area contributed by atoms with E-state index in [-0.39, 0.29) is 11.4 Å². The number of nitrogens with one attached hydrogen (secondary N) is 1. The number of aromatic nitrogens is 3. The molecule has 5 nitrogen and oxygen atoms in total. The number of nitrogens with zero attached hydrogens (tertiary/aromatic N) is 2. The van der Waals surface area contributed by atoms with Crippen LogP contribution in [0.25, 0.3) is 11.4 Å². The Morgan fingerprint density at radius 1 is 1.32 bits per heavy atom. The number of phenols is 1. The summed E-state index contributed by atoms with van der Waals surface area (Å²) in [6, 6.07) is 3.10. The van der Waals surface area contributed by atoms with E-state index in [1.165, 1.54) is 6.07 Å². The van der Waals surface area contributed by atoms with E-state index in [9.17, 15) is 18.3 Å². The molecule has 0 aliphatic rings. The van der Waals surface area contributed by atoms with Crippen LogP contribution in [0.4, 0.5) is 13.2 Å². The zero-order valence-corrected chi connectivity index (χ0v) is 9.70. The van der Waals surface area contributed by atoms with Crippen LogP contribution in [0.15, 0.2) is 18.2 Å². The van der Waals surface area contributed by atoms with Gasteiger partial charge in [-0.15, -0.1) is 0 Å². The summed E-state index contributed by atoms with van der Waals surface area (Å²) in [7, 11) is 0. The van der Waals surface area contributed by atoms with Crippen molar-refractivity contribution in [3.8, 4) is 17.1 Å².